The fourth-order valence-corrected chi connectivity index (χ4v) is 5.62. The Morgan fingerprint density at radius 2 is 2.13 bits per heavy atom. The van der Waals surface area contributed by atoms with E-state index in [-0.39, 0.29) is 6.42 Å². The van der Waals surface area contributed by atoms with Crippen molar-refractivity contribution in [3.05, 3.63) is 47.0 Å². The molecule has 2 saturated heterocycles. The van der Waals surface area contributed by atoms with Crippen LogP contribution in [0.15, 0.2) is 24.4 Å². The Balaban J connectivity index is 1.53. The molecule has 0 radical (unpaired) electrons. The largest absolute Gasteiger partial charge is 0.419 e. The van der Waals surface area contributed by atoms with Crippen molar-refractivity contribution in [3.8, 4) is 0 Å². The smallest absolute Gasteiger partial charge is 0.390 e. The third kappa shape index (κ3) is 2.26. The second-order valence-electron chi connectivity index (χ2n) is 8.39. The van der Waals surface area contributed by atoms with Crippen LogP contribution in [0.3, 0.4) is 0 Å². The SMILES string of the molecule is Cc1nn(C)cc1[C@@]12C[C@]1(C(=O)Nc1cccc(C(F)(F)F)c1F)[C@H]1C[C@H](O)[C@@H]2O1. The number of benzene rings is 1. The highest BCUT2D eigenvalue weighted by atomic mass is 19.4. The van der Waals surface area contributed by atoms with Crippen molar-refractivity contribution in [2.75, 3.05) is 5.32 Å². The predicted octanol–water partition coefficient (Wildman–Crippen LogP) is 2.69. The number of amides is 1. The fourth-order valence-electron chi connectivity index (χ4n) is 5.62. The van der Waals surface area contributed by atoms with E-state index < -0.39 is 58.3 Å². The highest BCUT2D eigenvalue weighted by Gasteiger charge is 2.87. The first kappa shape index (κ1) is 19.5. The van der Waals surface area contributed by atoms with E-state index in [0.717, 1.165) is 17.7 Å². The Bertz CT molecular complexity index is 1070. The van der Waals surface area contributed by atoms with Gasteiger partial charge in [-0.1, -0.05) is 6.07 Å². The zero-order valence-corrected chi connectivity index (χ0v) is 16.1. The molecule has 6 nitrogen and oxygen atoms in total. The third-order valence-corrected chi connectivity index (χ3v) is 6.83. The lowest BCUT2D eigenvalue weighted by atomic mass is 9.74. The number of fused-ring (bicyclic) bond motifs is 5. The molecule has 0 spiro atoms. The van der Waals surface area contributed by atoms with Gasteiger partial charge in [0.2, 0.25) is 5.91 Å². The lowest BCUT2D eigenvalue weighted by Gasteiger charge is -2.29. The van der Waals surface area contributed by atoms with Crippen molar-refractivity contribution in [3.63, 3.8) is 0 Å². The Hall–Kier alpha value is -2.46. The molecule has 30 heavy (non-hydrogen) atoms. The molecule has 160 valence electrons. The fraction of sp³-hybridized carbons (Fsp3) is 0.500. The molecule has 5 rings (SSSR count). The van der Waals surface area contributed by atoms with Crippen LogP contribution in [0.2, 0.25) is 0 Å². The molecule has 3 fully saturated rings. The molecule has 1 aromatic carbocycles. The molecular formula is C20H19F4N3O3. The molecule has 1 aromatic heterocycles. The Kier molecular flexibility index (Phi) is 3.78. The average molecular weight is 425 g/mol. The molecule has 1 aliphatic carbocycles. The number of halogens is 4. The van der Waals surface area contributed by atoms with Crippen LogP contribution < -0.4 is 5.32 Å². The number of hydrogen-bond donors (Lipinski definition) is 2. The number of aliphatic hydroxyl groups is 1. The first-order valence-corrected chi connectivity index (χ1v) is 9.54. The summed E-state index contributed by atoms with van der Waals surface area (Å²) in [5, 5.41) is 17.1. The van der Waals surface area contributed by atoms with Crippen molar-refractivity contribution in [1.82, 2.24) is 9.78 Å². The molecule has 5 atom stereocenters. The van der Waals surface area contributed by atoms with Crippen LogP contribution in [0.5, 0.6) is 0 Å². The molecule has 2 N–H and O–H groups in total. The number of rotatable bonds is 3. The summed E-state index contributed by atoms with van der Waals surface area (Å²) in [7, 11) is 1.74. The second kappa shape index (κ2) is 5.82. The van der Waals surface area contributed by atoms with Gasteiger partial charge in [0.1, 0.15) is 0 Å². The quantitative estimate of drug-likeness (QED) is 0.742. The Morgan fingerprint density at radius 1 is 1.40 bits per heavy atom. The first-order chi connectivity index (χ1) is 14.0. The van der Waals surface area contributed by atoms with Gasteiger partial charge in [-0.15, -0.1) is 0 Å². The summed E-state index contributed by atoms with van der Waals surface area (Å²) in [6.07, 6.45) is -4.50. The summed E-state index contributed by atoms with van der Waals surface area (Å²) < 4.78 is 61.1. The van der Waals surface area contributed by atoms with E-state index in [0.29, 0.717) is 18.2 Å². The number of hydrogen-bond acceptors (Lipinski definition) is 4. The summed E-state index contributed by atoms with van der Waals surface area (Å²) in [6.45, 7) is 1.79. The van der Waals surface area contributed by atoms with Gasteiger partial charge < -0.3 is 15.2 Å². The van der Waals surface area contributed by atoms with Crippen LogP contribution in [-0.2, 0) is 28.2 Å². The van der Waals surface area contributed by atoms with Gasteiger partial charge in [-0.05, 0) is 25.5 Å². The third-order valence-electron chi connectivity index (χ3n) is 6.83. The molecule has 2 aromatic rings. The van der Waals surface area contributed by atoms with Gasteiger partial charge >= 0.3 is 6.18 Å². The van der Waals surface area contributed by atoms with E-state index in [1.165, 1.54) is 0 Å². The van der Waals surface area contributed by atoms with Crippen LogP contribution >= 0.6 is 0 Å². The van der Waals surface area contributed by atoms with Crippen LogP contribution in [0.1, 0.15) is 29.7 Å². The summed E-state index contributed by atoms with van der Waals surface area (Å²) in [5.74, 6) is -2.13. The lowest BCUT2D eigenvalue weighted by Crippen LogP contribution is -2.44. The summed E-state index contributed by atoms with van der Waals surface area (Å²) in [4.78, 5) is 13.3. The van der Waals surface area contributed by atoms with Crippen molar-refractivity contribution in [2.45, 2.75) is 49.7 Å². The molecule has 1 amide bonds. The normalized spacial score (nSPS) is 34.2. The number of aliphatic hydroxyl groups excluding tert-OH is 1. The van der Waals surface area contributed by atoms with Gasteiger partial charge in [0.15, 0.2) is 5.82 Å². The molecule has 1 saturated carbocycles. The van der Waals surface area contributed by atoms with E-state index >= 15 is 0 Å². The van der Waals surface area contributed by atoms with Crippen LogP contribution in [0, 0.1) is 18.2 Å². The van der Waals surface area contributed by atoms with Crippen molar-refractivity contribution < 1.29 is 32.2 Å². The van der Waals surface area contributed by atoms with E-state index in [4.69, 9.17) is 4.74 Å². The summed E-state index contributed by atoms with van der Waals surface area (Å²) in [6, 6.07) is 2.77. The molecule has 3 aliphatic rings. The Morgan fingerprint density at radius 3 is 2.77 bits per heavy atom. The second-order valence-corrected chi connectivity index (χ2v) is 8.39. The molecule has 0 unspecified atom stereocenters. The van der Waals surface area contributed by atoms with Gasteiger partial charge in [-0.25, -0.2) is 4.39 Å². The van der Waals surface area contributed by atoms with E-state index in [1.807, 2.05) is 0 Å². The average Bonchev–Trinajstić information content (AvgIpc) is 2.87. The van der Waals surface area contributed by atoms with Crippen molar-refractivity contribution in [2.24, 2.45) is 12.5 Å². The molecule has 3 heterocycles. The van der Waals surface area contributed by atoms with Crippen LogP contribution in [0.4, 0.5) is 23.2 Å². The van der Waals surface area contributed by atoms with Gasteiger partial charge in [0.05, 0.1) is 40.7 Å². The number of alkyl halides is 3. The highest BCUT2D eigenvalue weighted by molar-refractivity contribution is 6.01. The van der Waals surface area contributed by atoms with E-state index in [2.05, 4.69) is 10.4 Å². The number of aromatic nitrogens is 2. The van der Waals surface area contributed by atoms with Crippen LogP contribution in [-0.4, -0.2) is 39.1 Å². The zero-order chi connectivity index (χ0) is 21.6. The van der Waals surface area contributed by atoms with Gasteiger partial charge in [-0.2, -0.15) is 18.3 Å². The minimum Gasteiger partial charge on any atom is -0.390 e. The van der Waals surface area contributed by atoms with Crippen LogP contribution in [0.25, 0.3) is 0 Å². The number of anilines is 1. The first-order valence-electron chi connectivity index (χ1n) is 9.54. The predicted molar refractivity (Wildman–Crippen MR) is 96.0 cm³/mol. The molecular weight excluding hydrogens is 406 g/mol. The number of carbonyl (C=O) groups excluding carboxylic acids is 1. The minimum atomic E-state index is -4.88. The molecule has 2 aliphatic heterocycles. The molecule has 10 heteroatoms. The number of aryl methyl sites for hydroxylation is 2. The standard InChI is InChI=1S/C20H19F4N3O3/c1-9-11(7-27(2)26-9)18-8-19(18,14-6-13(28)16(18)30-14)17(29)25-12-5-3-4-10(15(12)21)20(22,23)24/h3-5,7,13-14,16,28H,6,8H2,1-2H3,(H,25,29)/t13-,14+,16-,18+,19+/m0/s1. The number of nitrogens with zero attached hydrogens (tertiary/aromatic N) is 2. The number of nitrogens with one attached hydrogen (secondary N) is 1. The van der Waals surface area contributed by atoms with Crippen molar-refractivity contribution in [1.29, 1.82) is 0 Å². The maximum atomic E-state index is 14.5. The zero-order valence-electron chi connectivity index (χ0n) is 16.1. The van der Waals surface area contributed by atoms with Gasteiger partial charge in [0.25, 0.3) is 0 Å². The highest BCUT2D eigenvalue weighted by Crippen LogP contribution is 2.78. The Labute approximate surface area is 168 Å². The minimum absolute atomic E-state index is 0.240. The number of carbonyl (C=O) groups is 1. The lowest BCUT2D eigenvalue weighted by molar-refractivity contribution is -0.140. The summed E-state index contributed by atoms with van der Waals surface area (Å²) in [5.41, 5.74) is -2.46. The van der Waals surface area contributed by atoms with E-state index in [9.17, 15) is 27.5 Å². The maximum absolute atomic E-state index is 14.5. The monoisotopic (exact) mass is 425 g/mol. The topological polar surface area (TPSA) is 76.4 Å². The maximum Gasteiger partial charge on any atom is 0.419 e. The van der Waals surface area contributed by atoms with Gasteiger partial charge in [0, 0.05) is 30.6 Å². The van der Waals surface area contributed by atoms with Crippen molar-refractivity contribution >= 4 is 11.6 Å². The molecule has 2 bridgehead atoms. The van der Waals surface area contributed by atoms with E-state index in [1.54, 1.807) is 24.9 Å². The summed E-state index contributed by atoms with van der Waals surface area (Å²) >= 11 is 0. The number of ether oxygens (including phenoxy) is 1. The van der Waals surface area contributed by atoms with Gasteiger partial charge in [-0.3, -0.25) is 9.48 Å².